The summed E-state index contributed by atoms with van der Waals surface area (Å²) in [6.45, 7) is 0.430. The fraction of sp³-hybridized carbons (Fsp3) is 0.727. The Kier molecular flexibility index (Phi) is 3.69. The lowest BCUT2D eigenvalue weighted by molar-refractivity contribution is -0.137. The second kappa shape index (κ2) is 5.24. The summed E-state index contributed by atoms with van der Waals surface area (Å²) >= 11 is 0. The van der Waals surface area contributed by atoms with E-state index in [0.29, 0.717) is 6.54 Å². The number of hydrogen-bond donors (Lipinski definition) is 4. The molecule has 2 fully saturated rings. The summed E-state index contributed by atoms with van der Waals surface area (Å²) in [6, 6.07) is -0.913. The highest BCUT2D eigenvalue weighted by Crippen LogP contribution is 2.33. The van der Waals surface area contributed by atoms with Crippen LogP contribution in [0.25, 0.3) is 0 Å². The minimum absolute atomic E-state index is 0.0556. The second-order valence-electron chi connectivity index (χ2n) is 4.86. The first-order chi connectivity index (χ1) is 8.54. The van der Waals surface area contributed by atoms with E-state index in [0.717, 1.165) is 12.8 Å². The van der Waals surface area contributed by atoms with Crippen molar-refractivity contribution in [2.45, 2.75) is 37.8 Å². The van der Waals surface area contributed by atoms with E-state index < -0.39 is 12.0 Å². The predicted octanol–water partition coefficient (Wildman–Crippen LogP) is -0.573. The second-order valence-corrected chi connectivity index (χ2v) is 4.86. The van der Waals surface area contributed by atoms with Gasteiger partial charge >= 0.3 is 12.0 Å². The molecule has 0 radical (unpaired) electrons. The molecule has 18 heavy (non-hydrogen) atoms. The van der Waals surface area contributed by atoms with Crippen LogP contribution in [0.5, 0.6) is 0 Å². The fourth-order valence-corrected chi connectivity index (χ4v) is 2.12. The van der Waals surface area contributed by atoms with Gasteiger partial charge in [0.2, 0.25) is 5.91 Å². The Morgan fingerprint density at radius 1 is 1.44 bits per heavy atom. The summed E-state index contributed by atoms with van der Waals surface area (Å²) in [4.78, 5) is 33.3. The molecule has 4 N–H and O–H groups in total. The van der Waals surface area contributed by atoms with E-state index >= 15 is 0 Å². The maximum absolute atomic E-state index is 11.7. The van der Waals surface area contributed by atoms with Gasteiger partial charge in [-0.3, -0.25) is 9.59 Å². The van der Waals surface area contributed by atoms with Crippen molar-refractivity contribution in [1.29, 1.82) is 0 Å². The van der Waals surface area contributed by atoms with Crippen LogP contribution in [-0.2, 0) is 9.59 Å². The SMILES string of the molecule is O=C(O)CC(NC(=O)NC1CNC(=O)C1)C1CC1. The van der Waals surface area contributed by atoms with Crippen LogP contribution in [0.2, 0.25) is 0 Å². The van der Waals surface area contributed by atoms with Gasteiger partial charge in [-0.2, -0.15) is 0 Å². The van der Waals surface area contributed by atoms with E-state index in [-0.39, 0.29) is 36.8 Å². The van der Waals surface area contributed by atoms with Gasteiger partial charge in [-0.05, 0) is 18.8 Å². The number of carbonyl (C=O) groups is 3. The predicted molar refractivity (Wildman–Crippen MR) is 61.8 cm³/mol. The van der Waals surface area contributed by atoms with Gasteiger partial charge in [0.15, 0.2) is 0 Å². The zero-order chi connectivity index (χ0) is 13.1. The molecular formula is C11H17N3O4. The molecule has 1 aliphatic carbocycles. The normalized spacial score (nSPS) is 24.2. The molecule has 0 aromatic heterocycles. The maximum atomic E-state index is 11.7. The number of amides is 3. The number of nitrogens with one attached hydrogen (secondary N) is 3. The third-order valence-electron chi connectivity index (χ3n) is 3.21. The maximum Gasteiger partial charge on any atom is 0.315 e. The van der Waals surface area contributed by atoms with Crippen molar-refractivity contribution < 1.29 is 19.5 Å². The molecule has 3 amide bonds. The van der Waals surface area contributed by atoms with Gasteiger partial charge in [-0.15, -0.1) is 0 Å². The minimum Gasteiger partial charge on any atom is -0.481 e. The molecule has 0 spiro atoms. The van der Waals surface area contributed by atoms with Crippen LogP contribution in [0.1, 0.15) is 25.7 Å². The first-order valence-electron chi connectivity index (χ1n) is 6.10. The van der Waals surface area contributed by atoms with Crippen LogP contribution in [0.15, 0.2) is 0 Å². The zero-order valence-corrected chi connectivity index (χ0v) is 9.94. The van der Waals surface area contributed by atoms with Crippen molar-refractivity contribution in [3.63, 3.8) is 0 Å². The molecule has 2 unspecified atom stereocenters. The number of carboxylic acid groups (broad SMARTS) is 1. The van der Waals surface area contributed by atoms with Crippen LogP contribution in [0.4, 0.5) is 4.79 Å². The number of hydrogen-bond acceptors (Lipinski definition) is 3. The fourth-order valence-electron chi connectivity index (χ4n) is 2.12. The summed E-state index contributed by atoms with van der Waals surface area (Å²) < 4.78 is 0. The number of rotatable bonds is 5. The molecule has 2 aliphatic rings. The van der Waals surface area contributed by atoms with Gasteiger partial charge in [0.05, 0.1) is 12.5 Å². The van der Waals surface area contributed by atoms with Gasteiger partial charge < -0.3 is 21.1 Å². The molecule has 0 bridgehead atoms. The number of urea groups is 1. The Labute approximate surface area is 104 Å². The van der Waals surface area contributed by atoms with Crippen molar-refractivity contribution in [3.05, 3.63) is 0 Å². The summed E-state index contributed by atoms with van der Waals surface area (Å²) in [7, 11) is 0. The minimum atomic E-state index is -0.912. The van der Waals surface area contributed by atoms with Crippen LogP contribution >= 0.6 is 0 Å². The van der Waals surface area contributed by atoms with Crippen LogP contribution in [-0.4, -0.2) is 41.6 Å². The largest absolute Gasteiger partial charge is 0.481 e. The van der Waals surface area contributed by atoms with Crippen molar-refractivity contribution in [2.24, 2.45) is 5.92 Å². The van der Waals surface area contributed by atoms with Crippen LogP contribution < -0.4 is 16.0 Å². The molecule has 100 valence electrons. The summed E-state index contributed by atoms with van der Waals surface area (Å²) in [6.07, 6.45) is 2.14. The van der Waals surface area contributed by atoms with Gasteiger partial charge in [-0.25, -0.2) is 4.79 Å². The quantitative estimate of drug-likeness (QED) is 0.527. The Morgan fingerprint density at radius 3 is 2.67 bits per heavy atom. The Morgan fingerprint density at radius 2 is 2.17 bits per heavy atom. The monoisotopic (exact) mass is 255 g/mol. The van der Waals surface area contributed by atoms with Gasteiger partial charge in [0.25, 0.3) is 0 Å². The van der Waals surface area contributed by atoms with Gasteiger partial charge in [0.1, 0.15) is 0 Å². The Balaban J connectivity index is 1.77. The van der Waals surface area contributed by atoms with E-state index in [1.165, 1.54) is 0 Å². The smallest absolute Gasteiger partial charge is 0.315 e. The average Bonchev–Trinajstić information content (AvgIpc) is 3.02. The van der Waals surface area contributed by atoms with Crippen molar-refractivity contribution in [2.75, 3.05) is 6.54 Å². The zero-order valence-electron chi connectivity index (χ0n) is 9.94. The van der Waals surface area contributed by atoms with Crippen molar-refractivity contribution in [3.8, 4) is 0 Å². The van der Waals surface area contributed by atoms with Crippen molar-refractivity contribution >= 4 is 17.9 Å². The highest BCUT2D eigenvalue weighted by atomic mass is 16.4. The Hall–Kier alpha value is -1.79. The molecule has 0 aromatic rings. The van der Waals surface area contributed by atoms with Gasteiger partial charge in [0, 0.05) is 19.0 Å². The average molecular weight is 255 g/mol. The highest BCUT2D eigenvalue weighted by molar-refractivity contribution is 5.81. The number of carbonyl (C=O) groups excluding carboxylic acids is 2. The summed E-state index contributed by atoms with van der Waals surface area (Å²) in [5.41, 5.74) is 0. The topological polar surface area (TPSA) is 108 Å². The molecule has 2 atom stereocenters. The van der Waals surface area contributed by atoms with Gasteiger partial charge in [-0.1, -0.05) is 0 Å². The lowest BCUT2D eigenvalue weighted by Crippen LogP contribution is -2.48. The highest BCUT2D eigenvalue weighted by Gasteiger charge is 2.34. The third kappa shape index (κ3) is 3.61. The first kappa shape index (κ1) is 12.7. The molecule has 1 saturated carbocycles. The van der Waals surface area contributed by atoms with Crippen LogP contribution in [0, 0.1) is 5.92 Å². The van der Waals surface area contributed by atoms with E-state index in [1.807, 2.05) is 0 Å². The van der Waals surface area contributed by atoms with E-state index in [4.69, 9.17) is 5.11 Å². The first-order valence-corrected chi connectivity index (χ1v) is 6.10. The molecular weight excluding hydrogens is 238 g/mol. The lowest BCUT2D eigenvalue weighted by Gasteiger charge is -2.18. The standard InChI is InChI=1S/C11H17N3O4/c15-9-3-7(5-12-9)13-11(18)14-8(4-10(16)17)6-1-2-6/h6-8H,1-5H2,(H,12,15)(H,16,17)(H2,13,14,18). The summed E-state index contributed by atoms with van der Waals surface area (Å²) in [5.74, 6) is -0.718. The molecule has 7 heteroatoms. The van der Waals surface area contributed by atoms with E-state index in [9.17, 15) is 14.4 Å². The molecule has 7 nitrogen and oxygen atoms in total. The van der Waals surface area contributed by atoms with E-state index in [1.54, 1.807) is 0 Å². The molecule has 2 rings (SSSR count). The van der Waals surface area contributed by atoms with Crippen molar-refractivity contribution in [1.82, 2.24) is 16.0 Å². The summed E-state index contributed by atoms with van der Waals surface area (Å²) in [5, 5.41) is 16.7. The third-order valence-corrected chi connectivity index (χ3v) is 3.21. The molecule has 1 aliphatic heterocycles. The van der Waals surface area contributed by atoms with Crippen LogP contribution in [0.3, 0.4) is 0 Å². The molecule has 1 heterocycles. The van der Waals surface area contributed by atoms with E-state index in [2.05, 4.69) is 16.0 Å². The molecule has 1 saturated heterocycles. The Bertz CT molecular complexity index is 367. The molecule has 0 aromatic carbocycles. The lowest BCUT2D eigenvalue weighted by atomic mass is 10.1. The number of carboxylic acids is 1. The number of aliphatic carboxylic acids is 1.